The van der Waals surface area contributed by atoms with Crippen LogP contribution in [0, 0.1) is 22.9 Å². The standard InChI is InChI=1S/C12H12FN3O3/c1-8-5-10(14-19-8)7-15(2)12-6-9(13)3-4-11(12)16(17)18/h3-6H,7H2,1-2H3. The van der Waals surface area contributed by atoms with Crippen molar-refractivity contribution in [3.8, 4) is 0 Å². The van der Waals surface area contributed by atoms with Gasteiger partial charge in [0.2, 0.25) is 0 Å². The van der Waals surface area contributed by atoms with Crippen molar-refractivity contribution in [2.24, 2.45) is 0 Å². The monoisotopic (exact) mass is 265 g/mol. The highest BCUT2D eigenvalue weighted by Crippen LogP contribution is 2.28. The highest BCUT2D eigenvalue weighted by Gasteiger charge is 2.18. The van der Waals surface area contributed by atoms with Gasteiger partial charge in [-0.25, -0.2) is 4.39 Å². The molecule has 7 heteroatoms. The molecule has 0 aliphatic rings. The van der Waals surface area contributed by atoms with E-state index in [1.807, 2.05) is 0 Å². The number of rotatable bonds is 4. The molecule has 2 rings (SSSR count). The number of nitrogens with zero attached hydrogens (tertiary/aromatic N) is 3. The number of nitro groups is 1. The molecule has 0 radical (unpaired) electrons. The van der Waals surface area contributed by atoms with E-state index in [2.05, 4.69) is 5.16 Å². The van der Waals surface area contributed by atoms with Crippen LogP contribution in [-0.2, 0) is 6.54 Å². The Bertz CT molecular complexity index is 612. The Labute approximate surface area is 108 Å². The quantitative estimate of drug-likeness (QED) is 0.627. The van der Waals surface area contributed by atoms with Gasteiger partial charge in [-0.1, -0.05) is 5.16 Å². The summed E-state index contributed by atoms with van der Waals surface area (Å²) >= 11 is 0. The lowest BCUT2D eigenvalue weighted by atomic mass is 10.2. The summed E-state index contributed by atoms with van der Waals surface area (Å²) in [5.41, 5.74) is 0.674. The fourth-order valence-corrected chi connectivity index (χ4v) is 1.78. The molecule has 1 aromatic heterocycles. The molecule has 0 aliphatic carbocycles. The average molecular weight is 265 g/mol. The lowest BCUT2D eigenvalue weighted by Crippen LogP contribution is -2.18. The van der Waals surface area contributed by atoms with Crippen LogP contribution >= 0.6 is 0 Å². The fraction of sp³-hybridized carbons (Fsp3) is 0.250. The number of hydrogen-bond acceptors (Lipinski definition) is 5. The minimum absolute atomic E-state index is 0.149. The first-order valence-corrected chi connectivity index (χ1v) is 5.54. The van der Waals surface area contributed by atoms with Crippen molar-refractivity contribution in [3.05, 3.63) is 51.7 Å². The van der Waals surface area contributed by atoms with Crippen LogP contribution in [0.1, 0.15) is 11.5 Å². The van der Waals surface area contributed by atoms with Gasteiger partial charge in [0.15, 0.2) is 0 Å². The van der Waals surface area contributed by atoms with E-state index >= 15 is 0 Å². The van der Waals surface area contributed by atoms with Crippen LogP contribution in [0.15, 0.2) is 28.8 Å². The van der Waals surface area contributed by atoms with Gasteiger partial charge in [-0.05, 0) is 13.0 Å². The molecule has 6 nitrogen and oxygen atoms in total. The summed E-state index contributed by atoms with van der Waals surface area (Å²) in [6.07, 6.45) is 0. The van der Waals surface area contributed by atoms with Crippen molar-refractivity contribution < 1.29 is 13.8 Å². The van der Waals surface area contributed by atoms with Crippen LogP contribution in [-0.4, -0.2) is 17.1 Å². The number of hydrogen-bond donors (Lipinski definition) is 0. The SMILES string of the molecule is Cc1cc(CN(C)c2cc(F)ccc2[N+](=O)[O-])no1. The fourth-order valence-electron chi connectivity index (χ4n) is 1.78. The second-order valence-corrected chi connectivity index (χ2v) is 4.18. The highest BCUT2D eigenvalue weighted by atomic mass is 19.1. The minimum atomic E-state index is -0.542. The zero-order valence-corrected chi connectivity index (χ0v) is 10.5. The summed E-state index contributed by atoms with van der Waals surface area (Å²) in [5, 5.41) is 14.7. The lowest BCUT2D eigenvalue weighted by molar-refractivity contribution is -0.384. The Morgan fingerprint density at radius 1 is 1.47 bits per heavy atom. The molecule has 0 fully saturated rings. The molecule has 0 amide bonds. The van der Waals surface area contributed by atoms with Crippen molar-refractivity contribution in [2.75, 3.05) is 11.9 Å². The van der Waals surface area contributed by atoms with E-state index < -0.39 is 10.7 Å². The predicted octanol–water partition coefficient (Wildman–Crippen LogP) is 2.67. The molecule has 1 heterocycles. The topological polar surface area (TPSA) is 72.4 Å². The van der Waals surface area contributed by atoms with Gasteiger partial charge in [-0.2, -0.15) is 0 Å². The number of anilines is 1. The lowest BCUT2D eigenvalue weighted by Gasteiger charge is -2.17. The zero-order valence-electron chi connectivity index (χ0n) is 10.5. The molecule has 0 atom stereocenters. The largest absolute Gasteiger partial charge is 0.363 e. The van der Waals surface area contributed by atoms with Gasteiger partial charge in [0, 0.05) is 25.2 Å². The molecule has 0 bridgehead atoms. The van der Waals surface area contributed by atoms with Gasteiger partial charge in [-0.3, -0.25) is 10.1 Å². The third-order valence-corrected chi connectivity index (χ3v) is 2.62. The first kappa shape index (κ1) is 13.0. The summed E-state index contributed by atoms with van der Waals surface area (Å²) < 4.78 is 18.1. The second-order valence-electron chi connectivity index (χ2n) is 4.18. The molecule has 0 N–H and O–H groups in total. The molecule has 0 aliphatic heterocycles. The Morgan fingerprint density at radius 2 is 2.21 bits per heavy atom. The number of aromatic nitrogens is 1. The zero-order chi connectivity index (χ0) is 14.0. The van der Waals surface area contributed by atoms with E-state index in [-0.39, 0.29) is 11.4 Å². The van der Waals surface area contributed by atoms with E-state index in [1.54, 1.807) is 24.9 Å². The Hall–Kier alpha value is -2.44. The smallest absolute Gasteiger partial charge is 0.292 e. The van der Waals surface area contributed by atoms with Crippen molar-refractivity contribution in [2.45, 2.75) is 13.5 Å². The van der Waals surface area contributed by atoms with Gasteiger partial charge >= 0.3 is 0 Å². The van der Waals surface area contributed by atoms with Gasteiger partial charge < -0.3 is 9.42 Å². The summed E-state index contributed by atoms with van der Waals surface area (Å²) in [6, 6.07) is 5.07. The maximum atomic E-state index is 13.2. The maximum Gasteiger partial charge on any atom is 0.292 e. The van der Waals surface area contributed by atoms with Gasteiger partial charge in [0.1, 0.15) is 23.0 Å². The predicted molar refractivity (Wildman–Crippen MR) is 66.4 cm³/mol. The molecule has 19 heavy (non-hydrogen) atoms. The van der Waals surface area contributed by atoms with Crippen molar-refractivity contribution in [3.63, 3.8) is 0 Å². The molecule has 1 aromatic carbocycles. The summed E-state index contributed by atoms with van der Waals surface area (Å²) in [7, 11) is 1.63. The van der Waals surface area contributed by atoms with E-state index in [0.29, 0.717) is 18.0 Å². The number of nitro benzene ring substituents is 1. The molecule has 0 saturated heterocycles. The first-order chi connectivity index (χ1) is 8.97. The number of aryl methyl sites for hydroxylation is 1. The van der Waals surface area contributed by atoms with Gasteiger partial charge in [0.05, 0.1) is 11.5 Å². The Morgan fingerprint density at radius 3 is 2.79 bits per heavy atom. The van der Waals surface area contributed by atoms with E-state index in [1.165, 1.54) is 0 Å². The number of benzene rings is 1. The normalized spacial score (nSPS) is 10.5. The van der Waals surface area contributed by atoms with Crippen LogP contribution in [0.5, 0.6) is 0 Å². The summed E-state index contributed by atoms with van der Waals surface area (Å²) in [5.74, 6) is 0.126. The second kappa shape index (κ2) is 5.05. The third kappa shape index (κ3) is 2.87. The van der Waals surface area contributed by atoms with Gasteiger partial charge in [0.25, 0.3) is 5.69 Å². The summed E-state index contributed by atoms with van der Waals surface area (Å²) in [4.78, 5) is 11.9. The molecular weight excluding hydrogens is 253 g/mol. The van der Waals surface area contributed by atoms with Crippen molar-refractivity contribution in [1.82, 2.24) is 5.16 Å². The number of halogens is 1. The first-order valence-electron chi connectivity index (χ1n) is 5.54. The molecule has 100 valence electrons. The molecule has 0 unspecified atom stereocenters. The summed E-state index contributed by atoms with van der Waals surface area (Å²) in [6.45, 7) is 2.04. The molecular formula is C12H12FN3O3. The minimum Gasteiger partial charge on any atom is -0.363 e. The molecule has 0 saturated carbocycles. The third-order valence-electron chi connectivity index (χ3n) is 2.62. The van der Waals surface area contributed by atoms with Gasteiger partial charge in [-0.15, -0.1) is 0 Å². The van der Waals surface area contributed by atoms with Crippen LogP contribution in [0.3, 0.4) is 0 Å². The Balaban J connectivity index is 2.29. The van der Waals surface area contributed by atoms with Crippen LogP contribution < -0.4 is 4.90 Å². The average Bonchev–Trinajstić information content (AvgIpc) is 2.74. The van der Waals surface area contributed by atoms with E-state index in [4.69, 9.17) is 4.52 Å². The van der Waals surface area contributed by atoms with Crippen molar-refractivity contribution in [1.29, 1.82) is 0 Å². The van der Waals surface area contributed by atoms with Crippen LogP contribution in [0.25, 0.3) is 0 Å². The van der Waals surface area contributed by atoms with E-state index in [0.717, 1.165) is 18.2 Å². The Kier molecular flexibility index (Phi) is 3.46. The maximum absolute atomic E-state index is 13.2. The van der Waals surface area contributed by atoms with E-state index in [9.17, 15) is 14.5 Å². The molecule has 2 aromatic rings. The van der Waals surface area contributed by atoms with Crippen molar-refractivity contribution >= 4 is 11.4 Å². The van der Waals surface area contributed by atoms with Crippen LogP contribution in [0.4, 0.5) is 15.8 Å². The van der Waals surface area contributed by atoms with Crippen LogP contribution in [0.2, 0.25) is 0 Å². The molecule has 0 spiro atoms. The highest BCUT2D eigenvalue weighted by molar-refractivity contribution is 5.62.